The van der Waals surface area contributed by atoms with Crippen LogP contribution in [0.1, 0.15) is 0 Å². The number of fused-ring (bicyclic) bond motifs is 1. The number of hydrogen-bond acceptors (Lipinski definition) is 5. The van der Waals surface area contributed by atoms with Gasteiger partial charge >= 0.3 is 0 Å². The largest absolute Gasteiger partial charge is 0.474 e. The molecule has 5 nitrogen and oxygen atoms in total. The van der Waals surface area contributed by atoms with E-state index in [1.807, 2.05) is 24.3 Å². The minimum Gasteiger partial charge on any atom is -0.474 e. The molecule has 5 heteroatoms. The Morgan fingerprint density at radius 2 is 2.28 bits per heavy atom. The van der Waals surface area contributed by atoms with Gasteiger partial charge < -0.3 is 14.8 Å². The van der Waals surface area contributed by atoms with Crippen LogP contribution in [0.3, 0.4) is 0 Å². The second-order valence-electron chi connectivity index (χ2n) is 4.20. The molecule has 1 aliphatic rings. The van der Waals surface area contributed by atoms with Crippen LogP contribution in [0.5, 0.6) is 5.88 Å². The predicted octanol–water partition coefficient (Wildman–Crippen LogP) is 0.997. The smallest absolute Gasteiger partial charge is 0.224 e. The summed E-state index contributed by atoms with van der Waals surface area (Å²) in [6.45, 7) is 2.97. The molecule has 1 unspecified atom stereocenters. The molecular weight excluding hydrogens is 230 g/mol. The summed E-state index contributed by atoms with van der Waals surface area (Å²) < 4.78 is 11.3. The first-order valence-corrected chi connectivity index (χ1v) is 6.08. The van der Waals surface area contributed by atoms with E-state index in [9.17, 15) is 0 Å². The van der Waals surface area contributed by atoms with Crippen molar-refractivity contribution in [3.05, 3.63) is 30.6 Å². The lowest BCUT2D eigenvalue weighted by molar-refractivity contribution is -0.000406. The fourth-order valence-corrected chi connectivity index (χ4v) is 1.99. The van der Waals surface area contributed by atoms with Gasteiger partial charge in [-0.1, -0.05) is 12.1 Å². The van der Waals surface area contributed by atoms with Crippen molar-refractivity contribution in [2.45, 2.75) is 6.10 Å². The zero-order valence-electron chi connectivity index (χ0n) is 10.0. The molecule has 18 heavy (non-hydrogen) atoms. The van der Waals surface area contributed by atoms with Gasteiger partial charge in [-0.3, -0.25) is 0 Å². The monoisotopic (exact) mass is 245 g/mol. The number of hydrogen-bond donors (Lipinski definition) is 1. The van der Waals surface area contributed by atoms with Crippen molar-refractivity contribution in [3.63, 3.8) is 0 Å². The van der Waals surface area contributed by atoms with Gasteiger partial charge in [-0.2, -0.15) is 0 Å². The van der Waals surface area contributed by atoms with Gasteiger partial charge in [0.15, 0.2) is 0 Å². The van der Waals surface area contributed by atoms with Crippen molar-refractivity contribution in [1.29, 1.82) is 0 Å². The lowest BCUT2D eigenvalue weighted by atomic mass is 10.2. The zero-order valence-corrected chi connectivity index (χ0v) is 10.0. The molecular formula is C13H15N3O2. The third-order valence-corrected chi connectivity index (χ3v) is 2.92. The molecule has 2 heterocycles. The Bertz CT molecular complexity index is 521. The fourth-order valence-electron chi connectivity index (χ4n) is 1.99. The molecule has 1 aromatic heterocycles. The molecule has 94 valence electrons. The third kappa shape index (κ3) is 2.42. The van der Waals surface area contributed by atoms with E-state index in [0.29, 0.717) is 12.5 Å². The first-order chi connectivity index (χ1) is 8.93. The van der Waals surface area contributed by atoms with E-state index in [1.165, 1.54) is 6.33 Å². The molecule has 0 saturated carbocycles. The van der Waals surface area contributed by atoms with Gasteiger partial charge in [-0.05, 0) is 12.1 Å². The second-order valence-corrected chi connectivity index (χ2v) is 4.20. The number of nitrogens with one attached hydrogen (secondary N) is 1. The van der Waals surface area contributed by atoms with E-state index in [2.05, 4.69) is 15.3 Å². The summed E-state index contributed by atoms with van der Waals surface area (Å²) in [6, 6.07) is 7.82. The zero-order chi connectivity index (χ0) is 12.2. The Labute approximate surface area is 105 Å². The summed E-state index contributed by atoms with van der Waals surface area (Å²) >= 11 is 0. The normalized spacial score (nSPS) is 19.9. The highest BCUT2D eigenvalue weighted by Gasteiger charge is 2.15. The number of rotatable bonds is 3. The van der Waals surface area contributed by atoms with E-state index in [-0.39, 0.29) is 6.10 Å². The maximum atomic E-state index is 5.74. The van der Waals surface area contributed by atoms with E-state index in [0.717, 1.165) is 30.6 Å². The van der Waals surface area contributed by atoms with Gasteiger partial charge in [0, 0.05) is 13.1 Å². The van der Waals surface area contributed by atoms with Gasteiger partial charge in [0.2, 0.25) is 5.88 Å². The summed E-state index contributed by atoms with van der Waals surface area (Å²) in [4.78, 5) is 8.38. The Morgan fingerprint density at radius 3 is 3.17 bits per heavy atom. The predicted molar refractivity (Wildman–Crippen MR) is 67.6 cm³/mol. The summed E-state index contributed by atoms with van der Waals surface area (Å²) in [5.74, 6) is 0.620. The lowest BCUT2D eigenvalue weighted by Crippen LogP contribution is -2.41. The number of para-hydroxylation sites is 1. The van der Waals surface area contributed by atoms with Crippen LogP contribution in [0.25, 0.3) is 10.9 Å². The van der Waals surface area contributed by atoms with Crippen molar-refractivity contribution in [1.82, 2.24) is 15.3 Å². The van der Waals surface area contributed by atoms with Gasteiger partial charge in [-0.15, -0.1) is 0 Å². The topological polar surface area (TPSA) is 56.3 Å². The Balaban J connectivity index is 1.74. The number of benzene rings is 1. The highest BCUT2D eigenvalue weighted by atomic mass is 16.5. The minimum atomic E-state index is 0.0903. The van der Waals surface area contributed by atoms with Gasteiger partial charge in [0.1, 0.15) is 19.0 Å². The van der Waals surface area contributed by atoms with Crippen LogP contribution >= 0.6 is 0 Å². The highest BCUT2D eigenvalue weighted by molar-refractivity contribution is 5.82. The molecule has 0 amide bonds. The average Bonchev–Trinajstić information content (AvgIpc) is 2.46. The highest BCUT2D eigenvalue weighted by Crippen LogP contribution is 2.20. The van der Waals surface area contributed by atoms with Crippen LogP contribution < -0.4 is 10.1 Å². The van der Waals surface area contributed by atoms with Crippen molar-refractivity contribution in [3.8, 4) is 5.88 Å². The second kappa shape index (κ2) is 5.29. The molecule has 1 fully saturated rings. The maximum absolute atomic E-state index is 5.74. The summed E-state index contributed by atoms with van der Waals surface area (Å²) in [6.07, 6.45) is 1.62. The van der Waals surface area contributed by atoms with Crippen LogP contribution in [0.4, 0.5) is 0 Å². The summed E-state index contributed by atoms with van der Waals surface area (Å²) in [7, 11) is 0. The van der Waals surface area contributed by atoms with Gasteiger partial charge in [0.25, 0.3) is 0 Å². The standard InChI is InChI=1S/C13H15N3O2/c1-2-4-12-11(3-1)13(16-9-15-12)18-8-10-7-14-5-6-17-10/h1-4,9-10,14H,5-8H2. The molecule has 0 spiro atoms. The van der Waals surface area contributed by atoms with Crippen LogP contribution in [0, 0.1) is 0 Å². The third-order valence-electron chi connectivity index (χ3n) is 2.92. The molecule has 1 aliphatic heterocycles. The van der Waals surface area contributed by atoms with Crippen LogP contribution in [0.15, 0.2) is 30.6 Å². The molecule has 0 bridgehead atoms. The summed E-state index contributed by atoms with van der Waals surface area (Å²) in [5, 5.41) is 4.20. The summed E-state index contributed by atoms with van der Waals surface area (Å²) in [5.41, 5.74) is 0.894. The molecule has 1 aromatic carbocycles. The van der Waals surface area contributed by atoms with Crippen LogP contribution in [-0.4, -0.2) is 42.4 Å². The number of ether oxygens (including phenoxy) is 2. The number of nitrogens with zero attached hydrogens (tertiary/aromatic N) is 2. The van der Waals surface area contributed by atoms with Gasteiger partial charge in [-0.25, -0.2) is 9.97 Å². The Morgan fingerprint density at radius 1 is 1.33 bits per heavy atom. The molecule has 2 aromatic rings. The molecule has 0 aliphatic carbocycles. The van der Waals surface area contributed by atoms with Crippen molar-refractivity contribution >= 4 is 10.9 Å². The minimum absolute atomic E-state index is 0.0903. The lowest BCUT2D eigenvalue weighted by Gasteiger charge is -2.23. The van der Waals surface area contributed by atoms with E-state index in [4.69, 9.17) is 9.47 Å². The molecule has 1 N–H and O–H groups in total. The van der Waals surface area contributed by atoms with Crippen molar-refractivity contribution in [2.75, 3.05) is 26.3 Å². The van der Waals surface area contributed by atoms with Crippen LogP contribution in [0.2, 0.25) is 0 Å². The molecule has 3 rings (SSSR count). The first kappa shape index (κ1) is 11.4. The van der Waals surface area contributed by atoms with Gasteiger partial charge in [0.05, 0.1) is 17.5 Å². The SMILES string of the molecule is c1ccc2c(OCC3CNCCO3)ncnc2c1. The van der Waals surface area contributed by atoms with E-state index in [1.54, 1.807) is 0 Å². The van der Waals surface area contributed by atoms with E-state index < -0.39 is 0 Å². The van der Waals surface area contributed by atoms with Crippen molar-refractivity contribution < 1.29 is 9.47 Å². The number of aromatic nitrogens is 2. The Kier molecular flexibility index (Phi) is 3.34. The number of morpholine rings is 1. The molecule has 1 saturated heterocycles. The fraction of sp³-hybridized carbons (Fsp3) is 0.385. The Hall–Kier alpha value is -1.72. The van der Waals surface area contributed by atoms with Crippen LogP contribution in [-0.2, 0) is 4.74 Å². The molecule has 1 atom stereocenters. The van der Waals surface area contributed by atoms with Crippen molar-refractivity contribution in [2.24, 2.45) is 0 Å². The first-order valence-electron chi connectivity index (χ1n) is 6.08. The quantitative estimate of drug-likeness (QED) is 0.874. The van der Waals surface area contributed by atoms with E-state index >= 15 is 0 Å². The maximum Gasteiger partial charge on any atom is 0.224 e. The molecule has 0 radical (unpaired) electrons. The average molecular weight is 245 g/mol.